The number of amides is 1. The Balaban J connectivity index is 6.09. The molecule has 0 aliphatic carbocycles. The number of carbonyl (C=O) groups excluding carboxylic acids is 1. The molecule has 5 nitrogen and oxygen atoms in total. The Kier molecular flexibility index (Phi) is 8.55. The van der Waals surface area contributed by atoms with Gasteiger partial charge in [-0.2, -0.15) is 0 Å². The van der Waals surface area contributed by atoms with Crippen LogP contribution in [0, 0.1) is 0 Å². The first-order chi connectivity index (χ1) is 10.5. The van der Waals surface area contributed by atoms with Crippen molar-refractivity contribution >= 4 is 41.1 Å². The summed E-state index contributed by atoms with van der Waals surface area (Å²) in [5.41, 5.74) is 0. The summed E-state index contributed by atoms with van der Waals surface area (Å²) in [4.78, 5) is 12.2. The van der Waals surface area contributed by atoms with Gasteiger partial charge in [0.05, 0.1) is 0 Å². The SMILES string of the molecule is C=CC(=O)NC(O[Si](C)(C)C)(O[Si](C)(C)C)C(C[SiH3])O[Si](C)(C)C. The van der Waals surface area contributed by atoms with Crippen LogP contribution in [0.2, 0.25) is 65.0 Å². The third-order valence-corrected chi connectivity index (χ3v) is 6.25. The topological polar surface area (TPSA) is 56.8 Å². The van der Waals surface area contributed by atoms with E-state index in [9.17, 15) is 4.79 Å². The summed E-state index contributed by atoms with van der Waals surface area (Å²) in [6, 6.07) is 0.816. The van der Waals surface area contributed by atoms with Crippen molar-refractivity contribution in [3.63, 3.8) is 0 Å². The highest BCUT2D eigenvalue weighted by Gasteiger charge is 2.49. The van der Waals surface area contributed by atoms with Gasteiger partial charge in [-0.25, -0.2) is 0 Å². The first kappa shape index (κ1) is 24.0. The molecule has 0 saturated carbocycles. The third-order valence-electron chi connectivity index (χ3n) is 2.69. The van der Waals surface area contributed by atoms with E-state index >= 15 is 0 Å². The van der Waals surface area contributed by atoms with E-state index in [0.29, 0.717) is 0 Å². The number of nitrogens with one attached hydrogen (secondary N) is 1. The summed E-state index contributed by atoms with van der Waals surface area (Å²) < 4.78 is 19.3. The molecule has 0 heterocycles. The van der Waals surface area contributed by atoms with Gasteiger partial charge >= 0.3 is 0 Å². The molecular weight excluding hydrogens is 371 g/mol. The summed E-state index contributed by atoms with van der Waals surface area (Å²) >= 11 is 0. The summed E-state index contributed by atoms with van der Waals surface area (Å²) in [7, 11) is -4.98. The molecule has 0 aliphatic heterocycles. The predicted octanol–water partition coefficient (Wildman–Crippen LogP) is 2.65. The fourth-order valence-corrected chi connectivity index (χ4v) is 6.84. The third kappa shape index (κ3) is 9.44. The average molecular weight is 408 g/mol. The average Bonchev–Trinajstić information content (AvgIpc) is 2.30. The molecule has 0 saturated heterocycles. The maximum absolute atomic E-state index is 12.2. The van der Waals surface area contributed by atoms with Crippen molar-refractivity contribution in [2.75, 3.05) is 0 Å². The van der Waals surface area contributed by atoms with Crippen LogP contribution < -0.4 is 5.32 Å². The van der Waals surface area contributed by atoms with Crippen LogP contribution in [0.15, 0.2) is 12.7 Å². The van der Waals surface area contributed by atoms with Crippen molar-refractivity contribution in [3.05, 3.63) is 12.7 Å². The molecule has 1 atom stereocenters. The fourth-order valence-electron chi connectivity index (χ4n) is 2.27. The first-order valence-electron chi connectivity index (χ1n) is 8.56. The van der Waals surface area contributed by atoms with Gasteiger partial charge in [-0.1, -0.05) is 6.58 Å². The molecule has 0 radical (unpaired) electrons. The lowest BCUT2D eigenvalue weighted by molar-refractivity contribution is -0.207. The van der Waals surface area contributed by atoms with Crippen LogP contribution in [0.4, 0.5) is 0 Å². The van der Waals surface area contributed by atoms with E-state index in [-0.39, 0.29) is 12.0 Å². The predicted molar refractivity (Wildman–Crippen MR) is 113 cm³/mol. The second kappa shape index (κ2) is 8.56. The Labute approximate surface area is 154 Å². The lowest BCUT2D eigenvalue weighted by Crippen LogP contribution is -2.67. The molecule has 1 N–H and O–H groups in total. The van der Waals surface area contributed by atoms with Crippen molar-refractivity contribution in [1.82, 2.24) is 5.32 Å². The van der Waals surface area contributed by atoms with Crippen LogP contribution >= 0.6 is 0 Å². The van der Waals surface area contributed by atoms with E-state index in [4.69, 9.17) is 13.3 Å². The van der Waals surface area contributed by atoms with Crippen LogP contribution in [0.1, 0.15) is 0 Å². The van der Waals surface area contributed by atoms with Crippen LogP contribution in [0.5, 0.6) is 0 Å². The summed E-state index contributed by atoms with van der Waals surface area (Å²) in [5.74, 6) is -1.53. The summed E-state index contributed by atoms with van der Waals surface area (Å²) in [6.45, 7) is 22.5. The highest BCUT2D eigenvalue weighted by Crippen LogP contribution is 2.30. The van der Waals surface area contributed by atoms with E-state index in [1.54, 1.807) is 0 Å². The van der Waals surface area contributed by atoms with E-state index in [1.807, 2.05) is 0 Å². The van der Waals surface area contributed by atoms with Gasteiger partial charge in [0, 0.05) is 10.2 Å². The molecule has 0 bridgehead atoms. The number of hydrogen-bond acceptors (Lipinski definition) is 4. The van der Waals surface area contributed by atoms with E-state index in [0.717, 1.165) is 16.3 Å². The van der Waals surface area contributed by atoms with Crippen molar-refractivity contribution in [3.8, 4) is 0 Å². The van der Waals surface area contributed by atoms with Gasteiger partial charge in [-0.3, -0.25) is 4.79 Å². The van der Waals surface area contributed by atoms with Crippen molar-refractivity contribution < 1.29 is 18.1 Å². The maximum atomic E-state index is 12.2. The lowest BCUT2D eigenvalue weighted by atomic mass is 10.3. The van der Waals surface area contributed by atoms with Crippen LogP contribution in [0.3, 0.4) is 0 Å². The van der Waals surface area contributed by atoms with E-state index < -0.39 is 30.9 Å². The summed E-state index contributed by atoms with van der Waals surface area (Å²) in [6.07, 6.45) is 0.951. The molecule has 24 heavy (non-hydrogen) atoms. The van der Waals surface area contributed by atoms with Gasteiger partial charge in [-0.15, -0.1) is 0 Å². The maximum Gasteiger partial charge on any atom is 0.258 e. The number of rotatable bonds is 10. The molecule has 0 spiro atoms. The van der Waals surface area contributed by atoms with Crippen LogP contribution in [-0.4, -0.2) is 53.1 Å². The zero-order valence-corrected chi connectivity index (χ0v) is 22.2. The summed E-state index contributed by atoms with van der Waals surface area (Å²) in [5, 5.41) is 2.95. The highest BCUT2D eigenvalue weighted by atomic mass is 28.4. The molecule has 0 fully saturated rings. The van der Waals surface area contributed by atoms with Crippen LogP contribution in [-0.2, 0) is 18.1 Å². The normalized spacial score (nSPS) is 15.2. The van der Waals surface area contributed by atoms with Gasteiger partial charge in [0.2, 0.25) is 5.91 Å². The highest BCUT2D eigenvalue weighted by molar-refractivity contribution is 6.71. The van der Waals surface area contributed by atoms with Gasteiger partial charge in [0.1, 0.15) is 6.10 Å². The minimum atomic E-state index is -2.03. The van der Waals surface area contributed by atoms with E-state index in [2.05, 4.69) is 70.8 Å². The quantitative estimate of drug-likeness (QED) is 0.344. The molecule has 0 aliphatic rings. The minimum absolute atomic E-state index is 0.300. The Bertz CT molecular complexity index is 422. The van der Waals surface area contributed by atoms with Crippen LogP contribution in [0.25, 0.3) is 0 Å². The first-order valence-corrected chi connectivity index (χ1v) is 20.2. The van der Waals surface area contributed by atoms with Gasteiger partial charge in [0.25, 0.3) is 5.91 Å². The Morgan fingerprint density at radius 3 is 1.71 bits per heavy atom. The largest absolute Gasteiger partial charge is 0.407 e. The molecule has 0 aromatic rings. The Morgan fingerprint density at radius 2 is 1.46 bits per heavy atom. The monoisotopic (exact) mass is 407 g/mol. The fraction of sp³-hybridized carbons (Fsp3) is 0.800. The lowest BCUT2D eigenvalue weighted by Gasteiger charge is -2.48. The Morgan fingerprint density at radius 1 is 1.04 bits per heavy atom. The van der Waals surface area contributed by atoms with Crippen molar-refractivity contribution in [1.29, 1.82) is 0 Å². The molecule has 1 amide bonds. The molecule has 142 valence electrons. The second-order valence-electron chi connectivity index (χ2n) is 8.92. The van der Waals surface area contributed by atoms with Gasteiger partial charge in [0.15, 0.2) is 25.0 Å². The molecule has 9 heteroatoms. The number of carbonyl (C=O) groups is 1. The second-order valence-corrected chi connectivity index (χ2v) is 23.1. The molecule has 0 aromatic carbocycles. The molecule has 0 rings (SSSR count). The smallest absolute Gasteiger partial charge is 0.258 e. The Hall–Kier alpha value is -0.0425. The van der Waals surface area contributed by atoms with Crippen molar-refractivity contribution in [2.24, 2.45) is 0 Å². The molecule has 1 unspecified atom stereocenters. The number of hydrogen-bond donors (Lipinski definition) is 1. The minimum Gasteiger partial charge on any atom is -0.407 e. The van der Waals surface area contributed by atoms with Gasteiger partial charge in [-0.05, 0) is 71.0 Å². The van der Waals surface area contributed by atoms with Crippen molar-refractivity contribution in [2.45, 2.75) is 77.0 Å². The van der Waals surface area contributed by atoms with E-state index in [1.165, 1.54) is 6.08 Å². The molecular formula is C15H37NO4Si4. The zero-order valence-electron chi connectivity index (χ0n) is 17.2. The molecule has 0 aromatic heterocycles. The standard InChI is InChI=1S/C15H37NO4Si4/c1-11-14(17)16-15(19-23(5,6)7,20-24(8,9)10)13(12-21)18-22(2,3)4/h11,13H,1,12H2,2-10,21H3,(H,16,17). The van der Waals surface area contributed by atoms with Gasteiger partial charge < -0.3 is 18.6 Å². The zero-order chi connectivity index (χ0) is 19.4.